The molecule has 1 aliphatic rings. The molecule has 1 aromatic carbocycles. The van der Waals surface area contributed by atoms with Crippen LogP contribution < -0.4 is 10.6 Å². The van der Waals surface area contributed by atoms with Gasteiger partial charge in [-0.3, -0.25) is 9.59 Å². The number of nitrogens with zero attached hydrogens (tertiary/aromatic N) is 2. The molecule has 0 unspecified atom stereocenters. The van der Waals surface area contributed by atoms with Gasteiger partial charge in [0.05, 0.1) is 13.1 Å². The van der Waals surface area contributed by atoms with Crippen molar-refractivity contribution in [3.63, 3.8) is 0 Å². The van der Waals surface area contributed by atoms with E-state index in [1.807, 2.05) is 25.1 Å². The Labute approximate surface area is 134 Å². The number of carbonyl (C=O) groups is 2. The highest BCUT2D eigenvalue weighted by Gasteiger charge is 2.19. The summed E-state index contributed by atoms with van der Waals surface area (Å²) in [6, 6.07) is 5.80. The van der Waals surface area contributed by atoms with Crippen LogP contribution in [0.25, 0.3) is 11.1 Å². The molecule has 3 rings (SSSR count). The second-order valence-corrected chi connectivity index (χ2v) is 5.62. The normalized spacial score (nSPS) is 15.2. The van der Waals surface area contributed by atoms with Gasteiger partial charge in [0, 0.05) is 26.1 Å². The first-order valence-electron chi connectivity index (χ1n) is 7.74. The number of amides is 2. The number of carbonyl (C=O) groups excluding carboxylic acids is 2. The van der Waals surface area contributed by atoms with Crippen LogP contribution in [0, 0.1) is 6.92 Å². The lowest BCUT2D eigenvalue weighted by atomic mass is 10.2. The first-order chi connectivity index (χ1) is 11.1. The Morgan fingerprint density at radius 1 is 1.48 bits per heavy atom. The van der Waals surface area contributed by atoms with Crippen molar-refractivity contribution in [2.24, 2.45) is 0 Å². The zero-order valence-corrected chi connectivity index (χ0v) is 13.1. The second kappa shape index (κ2) is 6.78. The van der Waals surface area contributed by atoms with Gasteiger partial charge in [-0.25, -0.2) is 4.98 Å². The van der Waals surface area contributed by atoms with Gasteiger partial charge in [0.1, 0.15) is 5.52 Å². The zero-order chi connectivity index (χ0) is 16.2. The number of hydrogen-bond donors (Lipinski definition) is 2. The molecule has 2 amide bonds. The van der Waals surface area contributed by atoms with Gasteiger partial charge in [-0.05, 0) is 18.6 Å². The minimum absolute atomic E-state index is 0.0409. The highest BCUT2D eigenvalue weighted by atomic mass is 16.3. The van der Waals surface area contributed by atoms with Crippen LogP contribution in [0.5, 0.6) is 0 Å². The van der Waals surface area contributed by atoms with Crippen molar-refractivity contribution < 1.29 is 14.0 Å². The highest BCUT2D eigenvalue weighted by molar-refractivity contribution is 5.86. The van der Waals surface area contributed by atoms with E-state index < -0.39 is 0 Å². The molecule has 0 bridgehead atoms. The monoisotopic (exact) mass is 316 g/mol. The molecule has 122 valence electrons. The number of rotatable bonds is 5. The number of para-hydroxylation sites is 1. The molecule has 0 radical (unpaired) electrons. The van der Waals surface area contributed by atoms with Crippen molar-refractivity contribution in [3.05, 3.63) is 29.7 Å². The smallest absolute Gasteiger partial charge is 0.239 e. The molecule has 0 atom stereocenters. The van der Waals surface area contributed by atoms with Gasteiger partial charge in [-0.2, -0.15) is 0 Å². The average Bonchev–Trinajstić information content (AvgIpc) is 2.94. The third-order valence-corrected chi connectivity index (χ3v) is 3.85. The number of piperazine rings is 1. The van der Waals surface area contributed by atoms with E-state index in [0.29, 0.717) is 31.9 Å². The van der Waals surface area contributed by atoms with E-state index in [9.17, 15) is 9.59 Å². The zero-order valence-electron chi connectivity index (χ0n) is 13.1. The minimum atomic E-state index is -0.160. The summed E-state index contributed by atoms with van der Waals surface area (Å²) in [5.41, 5.74) is 2.69. The Morgan fingerprint density at radius 3 is 3.13 bits per heavy atom. The SMILES string of the molecule is Cc1cccc2oc(CCNC(=O)CN3CCNCC3=O)nc12. The van der Waals surface area contributed by atoms with Gasteiger partial charge in [0.2, 0.25) is 11.8 Å². The maximum atomic E-state index is 11.9. The van der Waals surface area contributed by atoms with Crippen LogP contribution in [0.4, 0.5) is 0 Å². The van der Waals surface area contributed by atoms with E-state index in [-0.39, 0.29) is 18.4 Å². The van der Waals surface area contributed by atoms with Crippen molar-refractivity contribution in [2.75, 3.05) is 32.7 Å². The molecule has 23 heavy (non-hydrogen) atoms. The molecule has 7 nitrogen and oxygen atoms in total. The maximum absolute atomic E-state index is 11.9. The quantitative estimate of drug-likeness (QED) is 0.824. The fourth-order valence-electron chi connectivity index (χ4n) is 2.59. The first kappa shape index (κ1) is 15.5. The number of oxazole rings is 1. The lowest BCUT2D eigenvalue weighted by Gasteiger charge is -2.26. The summed E-state index contributed by atoms with van der Waals surface area (Å²) >= 11 is 0. The van der Waals surface area contributed by atoms with Crippen molar-refractivity contribution in [2.45, 2.75) is 13.3 Å². The van der Waals surface area contributed by atoms with Crippen LogP contribution in [0.3, 0.4) is 0 Å². The average molecular weight is 316 g/mol. The molecule has 1 fully saturated rings. The molecule has 0 saturated carbocycles. The topological polar surface area (TPSA) is 87.5 Å². The van der Waals surface area contributed by atoms with Crippen molar-refractivity contribution in [3.8, 4) is 0 Å². The van der Waals surface area contributed by atoms with Gasteiger partial charge >= 0.3 is 0 Å². The van der Waals surface area contributed by atoms with Gasteiger partial charge in [0.15, 0.2) is 11.5 Å². The van der Waals surface area contributed by atoms with Crippen molar-refractivity contribution in [1.29, 1.82) is 0 Å². The molecule has 2 heterocycles. The van der Waals surface area contributed by atoms with Gasteiger partial charge in [-0.1, -0.05) is 12.1 Å². The Morgan fingerprint density at radius 2 is 2.35 bits per heavy atom. The molecule has 0 spiro atoms. The summed E-state index contributed by atoms with van der Waals surface area (Å²) in [5.74, 6) is 0.404. The second-order valence-electron chi connectivity index (χ2n) is 5.62. The lowest BCUT2D eigenvalue weighted by Crippen LogP contribution is -2.51. The van der Waals surface area contributed by atoms with E-state index in [1.165, 1.54) is 0 Å². The Kier molecular flexibility index (Phi) is 4.57. The molecule has 1 saturated heterocycles. The summed E-state index contributed by atoms with van der Waals surface area (Å²) < 4.78 is 5.66. The predicted molar refractivity (Wildman–Crippen MR) is 84.9 cm³/mol. The van der Waals surface area contributed by atoms with Crippen LogP contribution in [0.1, 0.15) is 11.5 Å². The third-order valence-electron chi connectivity index (χ3n) is 3.85. The van der Waals surface area contributed by atoms with Crippen molar-refractivity contribution in [1.82, 2.24) is 20.5 Å². The molecule has 2 N–H and O–H groups in total. The van der Waals surface area contributed by atoms with Crippen LogP contribution in [0.15, 0.2) is 22.6 Å². The fraction of sp³-hybridized carbons (Fsp3) is 0.438. The van der Waals surface area contributed by atoms with Gasteiger partial charge in [0.25, 0.3) is 0 Å². The summed E-state index contributed by atoms with van der Waals surface area (Å²) in [6.07, 6.45) is 0.523. The molecular weight excluding hydrogens is 296 g/mol. The molecule has 2 aromatic rings. The number of nitrogens with one attached hydrogen (secondary N) is 2. The van der Waals surface area contributed by atoms with Crippen LogP contribution in [-0.4, -0.2) is 54.4 Å². The molecule has 1 aromatic heterocycles. The van der Waals surface area contributed by atoms with Crippen LogP contribution in [0.2, 0.25) is 0 Å². The molecule has 1 aliphatic heterocycles. The number of hydrogen-bond acceptors (Lipinski definition) is 5. The Bertz CT molecular complexity index is 725. The van der Waals surface area contributed by atoms with Gasteiger partial charge < -0.3 is 20.0 Å². The Balaban J connectivity index is 1.49. The number of fused-ring (bicyclic) bond motifs is 1. The fourth-order valence-corrected chi connectivity index (χ4v) is 2.59. The number of benzene rings is 1. The van der Waals surface area contributed by atoms with Crippen molar-refractivity contribution >= 4 is 22.9 Å². The standard InChI is InChI=1S/C16H20N4O3/c1-11-3-2-4-12-16(11)19-14(23-12)5-6-18-13(21)10-20-8-7-17-9-15(20)22/h2-4,17H,5-10H2,1H3,(H,18,21). The molecular formula is C16H20N4O3. The van der Waals surface area contributed by atoms with E-state index >= 15 is 0 Å². The summed E-state index contributed by atoms with van der Waals surface area (Å²) in [4.78, 5) is 29.5. The highest BCUT2D eigenvalue weighted by Crippen LogP contribution is 2.18. The van der Waals surface area contributed by atoms with E-state index in [2.05, 4.69) is 15.6 Å². The predicted octanol–water partition coefficient (Wildman–Crippen LogP) is 0.227. The molecule has 0 aliphatic carbocycles. The lowest BCUT2D eigenvalue weighted by molar-refractivity contribution is -0.136. The van der Waals surface area contributed by atoms with E-state index in [4.69, 9.17) is 4.42 Å². The Hall–Kier alpha value is -2.41. The number of aryl methyl sites for hydroxylation is 1. The number of aromatic nitrogens is 1. The van der Waals surface area contributed by atoms with Crippen LogP contribution in [-0.2, 0) is 16.0 Å². The van der Waals surface area contributed by atoms with E-state index in [1.54, 1.807) is 4.90 Å². The third kappa shape index (κ3) is 3.68. The summed E-state index contributed by atoms with van der Waals surface area (Å²) in [7, 11) is 0. The minimum Gasteiger partial charge on any atom is -0.441 e. The maximum Gasteiger partial charge on any atom is 0.239 e. The first-order valence-corrected chi connectivity index (χ1v) is 7.74. The van der Waals surface area contributed by atoms with Gasteiger partial charge in [-0.15, -0.1) is 0 Å². The van der Waals surface area contributed by atoms with E-state index in [0.717, 1.165) is 23.2 Å². The molecule has 7 heteroatoms. The van der Waals surface area contributed by atoms with Crippen LogP contribution >= 0.6 is 0 Å². The largest absolute Gasteiger partial charge is 0.441 e. The summed E-state index contributed by atoms with van der Waals surface area (Å²) in [6.45, 7) is 4.12. The summed E-state index contributed by atoms with van der Waals surface area (Å²) in [5, 5.41) is 5.78.